The molecular formula is C29H32Cl2N4O5. The molecule has 40 heavy (non-hydrogen) atoms. The lowest BCUT2D eigenvalue weighted by Crippen LogP contribution is -2.58. The Bertz CT molecular complexity index is 1410. The Morgan fingerprint density at radius 3 is 2.52 bits per heavy atom. The Morgan fingerprint density at radius 1 is 1.07 bits per heavy atom. The van der Waals surface area contributed by atoms with Crippen LogP contribution in [-0.2, 0) is 19.2 Å². The molecule has 1 aliphatic heterocycles. The lowest BCUT2D eigenvalue weighted by Gasteiger charge is -2.39. The number of fused-ring (bicyclic) bond motifs is 1. The SMILES string of the molecule is O=C(NC1CC1)C(=O)C(CC1CCCC1=O)NC(=O)C1CC2(CCN1C(=O)c1cc3c(Cl)cc(Cl)cc3[nH]1)CC2. The smallest absolute Gasteiger partial charge is 0.289 e. The third kappa shape index (κ3) is 5.50. The molecule has 1 spiro atoms. The summed E-state index contributed by atoms with van der Waals surface area (Å²) in [5.41, 5.74) is 0.920. The average molecular weight is 588 g/mol. The molecule has 2 heterocycles. The van der Waals surface area contributed by atoms with Gasteiger partial charge in [0.1, 0.15) is 17.5 Å². The summed E-state index contributed by atoms with van der Waals surface area (Å²) in [7, 11) is 0. The fourth-order valence-corrected chi connectivity index (χ4v) is 6.79. The highest BCUT2D eigenvalue weighted by atomic mass is 35.5. The van der Waals surface area contributed by atoms with Gasteiger partial charge in [-0.15, -0.1) is 0 Å². The van der Waals surface area contributed by atoms with Crippen LogP contribution in [0.2, 0.25) is 10.0 Å². The number of nitrogens with one attached hydrogen (secondary N) is 3. The molecule has 212 valence electrons. The van der Waals surface area contributed by atoms with Crippen molar-refractivity contribution in [2.75, 3.05) is 6.54 Å². The molecule has 3 aliphatic carbocycles. The second-order valence-corrected chi connectivity index (χ2v) is 12.8. The number of carbonyl (C=O) groups excluding carboxylic acids is 5. The number of amides is 3. The molecule has 3 N–H and O–H groups in total. The molecule has 4 aliphatic rings. The van der Waals surface area contributed by atoms with Crippen molar-refractivity contribution in [3.63, 3.8) is 0 Å². The zero-order valence-electron chi connectivity index (χ0n) is 22.1. The number of carbonyl (C=O) groups is 5. The summed E-state index contributed by atoms with van der Waals surface area (Å²) < 4.78 is 0. The largest absolute Gasteiger partial charge is 0.350 e. The third-order valence-electron chi connectivity index (χ3n) is 9.01. The number of nitrogens with zero attached hydrogens (tertiary/aromatic N) is 1. The summed E-state index contributed by atoms with van der Waals surface area (Å²) in [5.74, 6) is -2.61. The predicted octanol–water partition coefficient (Wildman–Crippen LogP) is 3.95. The summed E-state index contributed by atoms with van der Waals surface area (Å²) in [5, 5.41) is 7.01. The lowest BCUT2D eigenvalue weighted by molar-refractivity contribution is -0.141. The second-order valence-electron chi connectivity index (χ2n) is 12.0. The second kappa shape index (κ2) is 10.5. The highest BCUT2D eigenvalue weighted by Crippen LogP contribution is 2.55. The number of Topliss-reactive ketones (excluding diaryl/α,β-unsaturated/α-hetero) is 2. The van der Waals surface area contributed by atoms with Gasteiger partial charge in [-0.05, 0) is 81.4 Å². The van der Waals surface area contributed by atoms with Gasteiger partial charge in [0.05, 0.1) is 11.1 Å². The Morgan fingerprint density at radius 2 is 1.85 bits per heavy atom. The van der Waals surface area contributed by atoms with Crippen LogP contribution < -0.4 is 10.6 Å². The minimum absolute atomic E-state index is 0.0122. The molecule has 4 fully saturated rings. The number of hydrogen-bond acceptors (Lipinski definition) is 5. The van der Waals surface area contributed by atoms with Gasteiger partial charge in [-0.1, -0.05) is 23.2 Å². The predicted molar refractivity (Wildman–Crippen MR) is 149 cm³/mol. The molecule has 3 atom stereocenters. The van der Waals surface area contributed by atoms with E-state index in [4.69, 9.17) is 23.2 Å². The van der Waals surface area contributed by atoms with Crippen molar-refractivity contribution < 1.29 is 24.0 Å². The van der Waals surface area contributed by atoms with Crippen LogP contribution in [0.5, 0.6) is 0 Å². The number of hydrogen-bond donors (Lipinski definition) is 3. The highest BCUT2D eigenvalue weighted by molar-refractivity contribution is 6.39. The first kappa shape index (κ1) is 27.3. The Labute approximate surface area is 241 Å². The third-order valence-corrected chi connectivity index (χ3v) is 9.54. The maximum Gasteiger partial charge on any atom is 0.289 e. The first-order chi connectivity index (χ1) is 19.1. The minimum atomic E-state index is -1.12. The van der Waals surface area contributed by atoms with Gasteiger partial charge in [0.25, 0.3) is 11.8 Å². The molecular weight excluding hydrogens is 555 g/mol. The van der Waals surface area contributed by atoms with Crippen LogP contribution in [0.4, 0.5) is 0 Å². The summed E-state index contributed by atoms with van der Waals surface area (Å²) in [6.07, 6.45) is 6.80. The normalized spacial score (nSPS) is 24.2. The number of likely N-dealkylation sites (tertiary alicyclic amines) is 1. The zero-order valence-corrected chi connectivity index (χ0v) is 23.6. The van der Waals surface area contributed by atoms with Crippen LogP contribution in [0.15, 0.2) is 18.2 Å². The molecule has 3 amide bonds. The summed E-state index contributed by atoms with van der Waals surface area (Å²) in [6, 6.07) is 3.01. The van der Waals surface area contributed by atoms with Gasteiger partial charge in [0.15, 0.2) is 0 Å². The highest BCUT2D eigenvalue weighted by Gasteiger charge is 2.51. The number of halogens is 2. The van der Waals surface area contributed by atoms with E-state index in [2.05, 4.69) is 15.6 Å². The maximum absolute atomic E-state index is 13.8. The van der Waals surface area contributed by atoms with E-state index in [1.54, 1.807) is 23.1 Å². The van der Waals surface area contributed by atoms with E-state index in [1.165, 1.54) is 0 Å². The van der Waals surface area contributed by atoms with Gasteiger partial charge in [-0.2, -0.15) is 0 Å². The summed E-state index contributed by atoms with van der Waals surface area (Å²) in [6.45, 7) is 0.392. The van der Waals surface area contributed by atoms with Crippen molar-refractivity contribution in [2.45, 2.75) is 82.3 Å². The molecule has 0 radical (unpaired) electrons. The standard InChI is InChI=1S/C29H32Cl2N4O5/c30-16-11-19(31)18-13-22(33-20(18)12-16)28(40)35-9-8-29(6-7-29)14-23(35)26(38)34-21(10-15-2-1-3-24(15)36)25(37)27(39)32-17-4-5-17/h11-13,15,17,21,23,33H,1-10,14H2,(H,32,39)(H,34,38). The number of aromatic amines is 1. The number of benzene rings is 1. The van der Waals surface area contributed by atoms with E-state index < -0.39 is 29.7 Å². The van der Waals surface area contributed by atoms with Crippen molar-refractivity contribution >= 4 is 63.4 Å². The average Bonchev–Trinajstić information content (AvgIpc) is 3.80. The first-order valence-electron chi connectivity index (χ1n) is 14.1. The zero-order chi connectivity index (χ0) is 28.2. The Balaban J connectivity index is 1.24. The fourth-order valence-electron chi connectivity index (χ4n) is 6.24. The molecule has 3 saturated carbocycles. The fraction of sp³-hybridized carbons (Fsp3) is 0.552. The quantitative estimate of drug-likeness (QED) is 0.403. The van der Waals surface area contributed by atoms with Crippen LogP contribution in [0, 0.1) is 11.3 Å². The van der Waals surface area contributed by atoms with Gasteiger partial charge < -0.3 is 20.5 Å². The van der Waals surface area contributed by atoms with Crippen molar-refractivity contribution in [1.82, 2.24) is 20.5 Å². The molecule has 9 nitrogen and oxygen atoms in total. The van der Waals surface area contributed by atoms with Crippen molar-refractivity contribution in [2.24, 2.45) is 11.3 Å². The van der Waals surface area contributed by atoms with Crippen molar-refractivity contribution in [3.05, 3.63) is 33.9 Å². The van der Waals surface area contributed by atoms with Crippen LogP contribution in [-0.4, -0.2) is 63.8 Å². The van der Waals surface area contributed by atoms with E-state index in [9.17, 15) is 24.0 Å². The summed E-state index contributed by atoms with van der Waals surface area (Å²) in [4.78, 5) is 70.5. The maximum atomic E-state index is 13.8. The van der Waals surface area contributed by atoms with Crippen LogP contribution >= 0.6 is 23.2 Å². The van der Waals surface area contributed by atoms with Crippen molar-refractivity contribution in [3.8, 4) is 0 Å². The molecule has 1 aromatic carbocycles. The molecule has 3 unspecified atom stereocenters. The van der Waals surface area contributed by atoms with E-state index in [0.29, 0.717) is 46.8 Å². The number of H-pyrrole nitrogens is 1. The van der Waals surface area contributed by atoms with Crippen LogP contribution in [0.1, 0.15) is 74.7 Å². The van der Waals surface area contributed by atoms with Crippen LogP contribution in [0.3, 0.4) is 0 Å². The van der Waals surface area contributed by atoms with E-state index >= 15 is 0 Å². The van der Waals surface area contributed by atoms with Gasteiger partial charge in [0.2, 0.25) is 11.7 Å². The monoisotopic (exact) mass is 586 g/mol. The number of aromatic nitrogens is 1. The van der Waals surface area contributed by atoms with Gasteiger partial charge in [-0.3, -0.25) is 24.0 Å². The first-order valence-corrected chi connectivity index (χ1v) is 14.8. The Hall–Kier alpha value is -2.91. The number of rotatable bonds is 8. The minimum Gasteiger partial charge on any atom is -0.350 e. The Kier molecular flexibility index (Phi) is 7.15. The van der Waals surface area contributed by atoms with Gasteiger partial charge in [0, 0.05) is 40.9 Å². The molecule has 2 aromatic rings. The van der Waals surface area contributed by atoms with E-state index in [-0.39, 0.29) is 41.2 Å². The van der Waals surface area contributed by atoms with E-state index in [1.807, 2.05) is 0 Å². The number of ketones is 2. The van der Waals surface area contributed by atoms with Crippen LogP contribution in [0.25, 0.3) is 10.9 Å². The molecule has 1 aromatic heterocycles. The van der Waals surface area contributed by atoms with Crippen molar-refractivity contribution in [1.29, 1.82) is 0 Å². The van der Waals surface area contributed by atoms with Gasteiger partial charge in [-0.25, -0.2) is 0 Å². The molecule has 11 heteroatoms. The number of piperidine rings is 1. The van der Waals surface area contributed by atoms with E-state index in [0.717, 1.165) is 38.5 Å². The topological polar surface area (TPSA) is 128 Å². The molecule has 0 bridgehead atoms. The van der Waals surface area contributed by atoms with Gasteiger partial charge >= 0.3 is 0 Å². The molecule has 1 saturated heterocycles. The molecule has 6 rings (SSSR count). The summed E-state index contributed by atoms with van der Waals surface area (Å²) >= 11 is 12.5. The lowest BCUT2D eigenvalue weighted by atomic mass is 9.86.